The number of sulfonamides is 1. The number of hydrogen-bond acceptors (Lipinski definition) is 5. The minimum atomic E-state index is -4.13. The summed E-state index contributed by atoms with van der Waals surface area (Å²) in [6.45, 7) is 3.25. The van der Waals surface area contributed by atoms with E-state index in [1.54, 1.807) is 32.0 Å². The molecule has 3 aromatic rings. The molecule has 0 aromatic heterocycles. The number of fused-ring (bicyclic) bond motifs is 1. The summed E-state index contributed by atoms with van der Waals surface area (Å²) in [6.07, 6.45) is 0.822. The van der Waals surface area contributed by atoms with Crippen molar-refractivity contribution in [2.24, 2.45) is 0 Å². The van der Waals surface area contributed by atoms with Gasteiger partial charge in [0, 0.05) is 12.0 Å². The van der Waals surface area contributed by atoms with Gasteiger partial charge in [-0.1, -0.05) is 35.9 Å². The van der Waals surface area contributed by atoms with Crippen molar-refractivity contribution in [2.75, 3.05) is 18.0 Å². The van der Waals surface area contributed by atoms with Crippen LogP contribution in [0.5, 0.6) is 5.75 Å². The predicted octanol–water partition coefficient (Wildman–Crippen LogP) is 6.40. The number of esters is 1. The van der Waals surface area contributed by atoms with Crippen LogP contribution in [-0.2, 0) is 19.6 Å². The maximum absolute atomic E-state index is 15.4. The van der Waals surface area contributed by atoms with E-state index < -0.39 is 33.7 Å². The Labute approximate surface area is 225 Å². The Balaban J connectivity index is 1.82. The van der Waals surface area contributed by atoms with Crippen molar-refractivity contribution in [3.8, 4) is 5.75 Å². The van der Waals surface area contributed by atoms with E-state index in [2.05, 4.69) is 4.74 Å². The highest BCUT2D eigenvalue weighted by Crippen LogP contribution is 2.41. The molecule has 6 nitrogen and oxygen atoms in total. The highest BCUT2D eigenvalue weighted by Gasteiger charge is 2.36. The monoisotopic (exact) mass is 561 g/mol. The summed E-state index contributed by atoms with van der Waals surface area (Å²) >= 11 is 6.18. The molecular weight excluding hydrogens is 536 g/mol. The van der Waals surface area contributed by atoms with Crippen molar-refractivity contribution in [3.05, 3.63) is 87.9 Å². The molecule has 0 unspecified atom stereocenters. The molecule has 3 aromatic carbocycles. The van der Waals surface area contributed by atoms with Gasteiger partial charge in [-0.05, 0) is 73.4 Å². The second-order valence-electron chi connectivity index (χ2n) is 8.98. The number of carbonyl (C=O) groups excluding carboxylic acids is 1. The van der Waals surface area contributed by atoms with E-state index in [1.165, 1.54) is 49.6 Å². The molecule has 0 saturated heterocycles. The minimum absolute atomic E-state index is 0.000459. The Morgan fingerprint density at radius 2 is 1.89 bits per heavy atom. The van der Waals surface area contributed by atoms with Gasteiger partial charge >= 0.3 is 5.97 Å². The number of anilines is 1. The molecule has 1 heterocycles. The number of methoxy groups -OCH3 is 1. The van der Waals surface area contributed by atoms with Crippen LogP contribution in [0.15, 0.2) is 59.5 Å². The van der Waals surface area contributed by atoms with Crippen LogP contribution in [0.3, 0.4) is 0 Å². The average Bonchev–Trinajstić information content (AvgIpc) is 2.87. The fraction of sp³-hybridized carbons (Fsp3) is 0.250. The summed E-state index contributed by atoms with van der Waals surface area (Å²) in [5.41, 5.74) is 1.62. The lowest BCUT2D eigenvalue weighted by Gasteiger charge is -2.36. The van der Waals surface area contributed by atoms with E-state index in [4.69, 9.17) is 16.3 Å². The number of aryl methyl sites for hydroxylation is 1. The fourth-order valence-corrected chi connectivity index (χ4v) is 6.24. The van der Waals surface area contributed by atoms with E-state index in [0.717, 1.165) is 9.87 Å². The van der Waals surface area contributed by atoms with Crippen LogP contribution >= 0.6 is 11.6 Å². The first-order valence-electron chi connectivity index (χ1n) is 11.8. The number of benzene rings is 3. The molecule has 1 atom stereocenters. The molecule has 0 fully saturated rings. The van der Waals surface area contributed by atoms with E-state index in [-0.39, 0.29) is 46.3 Å². The Bertz CT molecular complexity index is 1500. The van der Waals surface area contributed by atoms with Gasteiger partial charge in [-0.2, -0.15) is 0 Å². The van der Waals surface area contributed by atoms with Crippen molar-refractivity contribution >= 4 is 44.9 Å². The number of carbonyl (C=O) groups is 1. The quantitative estimate of drug-likeness (QED) is 0.247. The first-order valence-corrected chi connectivity index (χ1v) is 13.6. The third-order valence-corrected chi connectivity index (χ3v) is 8.28. The Hall–Kier alpha value is -3.43. The Morgan fingerprint density at radius 3 is 2.58 bits per heavy atom. The molecule has 1 aliphatic heterocycles. The first-order chi connectivity index (χ1) is 18.0. The van der Waals surface area contributed by atoms with Gasteiger partial charge in [0.05, 0.1) is 29.3 Å². The highest BCUT2D eigenvalue weighted by molar-refractivity contribution is 7.92. The molecule has 0 radical (unpaired) electrons. The molecule has 0 saturated carbocycles. The zero-order valence-electron chi connectivity index (χ0n) is 21.0. The van der Waals surface area contributed by atoms with E-state index >= 15 is 4.39 Å². The highest BCUT2D eigenvalue weighted by atomic mass is 35.5. The summed E-state index contributed by atoms with van der Waals surface area (Å²) in [7, 11) is -2.88. The largest absolute Gasteiger partial charge is 0.483 e. The standard InChI is InChI=1S/C28H26ClF2NO5S/c1-17-6-4-7-21(12-17)38(34,35)32-16-20(10-11-26(33)36-3)37-28-24(31)14-19(15-25(28)32)13-18(2)27-22(29)8-5-9-23(27)30/h4-9,12-15,20H,10-11,16H2,1-3H3/b18-13+/t20-/m0/s1. The van der Waals surface area contributed by atoms with Gasteiger partial charge < -0.3 is 9.47 Å². The molecule has 10 heteroatoms. The summed E-state index contributed by atoms with van der Waals surface area (Å²) in [5.74, 6) is -2.07. The van der Waals surface area contributed by atoms with Crippen molar-refractivity contribution in [1.29, 1.82) is 0 Å². The molecular formula is C28H26ClF2NO5S. The normalized spacial score (nSPS) is 15.6. The maximum atomic E-state index is 15.4. The smallest absolute Gasteiger partial charge is 0.305 e. The van der Waals surface area contributed by atoms with Crippen LogP contribution in [0, 0.1) is 18.6 Å². The summed E-state index contributed by atoms with van der Waals surface area (Å²) in [6, 6.07) is 13.3. The molecule has 200 valence electrons. The third-order valence-electron chi connectivity index (χ3n) is 6.18. The third kappa shape index (κ3) is 5.68. The molecule has 0 aliphatic carbocycles. The molecule has 0 amide bonds. The van der Waals surface area contributed by atoms with Crippen molar-refractivity contribution < 1.29 is 31.5 Å². The van der Waals surface area contributed by atoms with Crippen LogP contribution in [0.4, 0.5) is 14.5 Å². The molecule has 1 aliphatic rings. The van der Waals surface area contributed by atoms with Crippen molar-refractivity contribution in [3.63, 3.8) is 0 Å². The molecule has 0 bridgehead atoms. The number of ether oxygens (including phenoxy) is 2. The van der Waals surface area contributed by atoms with Crippen LogP contribution in [0.25, 0.3) is 11.6 Å². The summed E-state index contributed by atoms with van der Waals surface area (Å²) in [4.78, 5) is 11.7. The van der Waals surface area contributed by atoms with Gasteiger partial charge in [0.15, 0.2) is 11.6 Å². The average molecular weight is 562 g/mol. The zero-order chi connectivity index (χ0) is 27.6. The molecule has 38 heavy (non-hydrogen) atoms. The number of allylic oxidation sites excluding steroid dienone is 1. The molecule has 0 spiro atoms. The Morgan fingerprint density at radius 1 is 1.16 bits per heavy atom. The topological polar surface area (TPSA) is 72.9 Å². The van der Waals surface area contributed by atoms with Gasteiger partial charge in [-0.3, -0.25) is 9.10 Å². The lowest BCUT2D eigenvalue weighted by atomic mass is 10.0. The number of hydrogen-bond donors (Lipinski definition) is 0. The molecule has 0 N–H and O–H groups in total. The van der Waals surface area contributed by atoms with Crippen LogP contribution in [0.1, 0.15) is 36.5 Å². The van der Waals surface area contributed by atoms with Crippen LogP contribution in [-0.4, -0.2) is 34.1 Å². The van der Waals surface area contributed by atoms with E-state index in [9.17, 15) is 17.6 Å². The van der Waals surface area contributed by atoms with Gasteiger partial charge in [-0.15, -0.1) is 0 Å². The number of halogens is 3. The van der Waals surface area contributed by atoms with Crippen molar-refractivity contribution in [1.82, 2.24) is 0 Å². The number of nitrogens with zero attached hydrogens (tertiary/aromatic N) is 1. The Kier molecular flexibility index (Phi) is 8.08. The lowest BCUT2D eigenvalue weighted by Crippen LogP contribution is -2.44. The summed E-state index contributed by atoms with van der Waals surface area (Å²) in [5, 5.41) is 0.192. The predicted molar refractivity (Wildman–Crippen MR) is 143 cm³/mol. The van der Waals surface area contributed by atoms with E-state index in [1.807, 2.05) is 0 Å². The van der Waals surface area contributed by atoms with Crippen LogP contribution in [0.2, 0.25) is 5.02 Å². The van der Waals surface area contributed by atoms with Crippen molar-refractivity contribution in [2.45, 2.75) is 37.7 Å². The van der Waals surface area contributed by atoms with Gasteiger partial charge in [0.25, 0.3) is 10.0 Å². The first kappa shape index (κ1) is 27.6. The van der Waals surface area contributed by atoms with Gasteiger partial charge in [-0.25, -0.2) is 17.2 Å². The maximum Gasteiger partial charge on any atom is 0.305 e. The lowest BCUT2D eigenvalue weighted by molar-refractivity contribution is -0.141. The van der Waals surface area contributed by atoms with Gasteiger partial charge in [0.2, 0.25) is 0 Å². The second-order valence-corrected chi connectivity index (χ2v) is 11.3. The van der Waals surface area contributed by atoms with Gasteiger partial charge in [0.1, 0.15) is 11.9 Å². The van der Waals surface area contributed by atoms with E-state index in [0.29, 0.717) is 11.1 Å². The number of rotatable bonds is 7. The molecule has 4 rings (SSSR count). The van der Waals surface area contributed by atoms with Crippen LogP contribution < -0.4 is 9.04 Å². The SMILES string of the molecule is COC(=O)CC[C@H]1CN(S(=O)(=O)c2cccc(C)c2)c2cc(/C=C(\C)c3c(F)cccc3Cl)cc(F)c2O1. The second kappa shape index (κ2) is 11.1. The zero-order valence-corrected chi connectivity index (χ0v) is 22.6. The minimum Gasteiger partial charge on any atom is -0.483 e. The summed E-state index contributed by atoms with van der Waals surface area (Å²) < 4.78 is 69.0. The fourth-order valence-electron chi connectivity index (χ4n) is 4.33.